The third-order valence-corrected chi connectivity index (χ3v) is 11.4. The van der Waals surface area contributed by atoms with Crippen LogP contribution in [0.25, 0.3) is 0 Å². The molecule has 46 heavy (non-hydrogen) atoms. The third kappa shape index (κ3) is 5.42. The van der Waals surface area contributed by atoms with Gasteiger partial charge < -0.3 is 24.8 Å². The molecule has 3 aliphatic heterocycles. The lowest BCUT2D eigenvalue weighted by molar-refractivity contribution is -0.217. The van der Waals surface area contributed by atoms with Crippen LogP contribution in [0.15, 0.2) is 36.0 Å². The van der Waals surface area contributed by atoms with Crippen molar-refractivity contribution >= 4 is 23.3 Å². The predicted molar refractivity (Wildman–Crippen MR) is 169 cm³/mol. The summed E-state index contributed by atoms with van der Waals surface area (Å²) in [4.78, 5) is 63.6. The smallest absolute Gasteiger partial charge is 0.256 e. The number of amides is 1. The van der Waals surface area contributed by atoms with Crippen LogP contribution in [0, 0.1) is 17.8 Å². The van der Waals surface area contributed by atoms with Crippen LogP contribution < -0.4 is 5.32 Å². The number of ether oxygens (including phenoxy) is 1. The van der Waals surface area contributed by atoms with Gasteiger partial charge >= 0.3 is 0 Å². The van der Waals surface area contributed by atoms with Crippen LogP contribution in [0.1, 0.15) is 52.8 Å². The van der Waals surface area contributed by atoms with Gasteiger partial charge in [0.05, 0.1) is 35.9 Å². The number of ketones is 3. The van der Waals surface area contributed by atoms with E-state index in [1.54, 1.807) is 30.5 Å². The van der Waals surface area contributed by atoms with Crippen LogP contribution in [-0.4, -0.2) is 140 Å². The molecule has 3 aliphatic carbocycles. The maximum absolute atomic E-state index is 16.4. The number of nitrogens with one attached hydrogen (secondary N) is 1. The van der Waals surface area contributed by atoms with Crippen LogP contribution in [-0.2, 0) is 14.3 Å². The van der Waals surface area contributed by atoms with E-state index in [0.717, 1.165) is 32.5 Å². The van der Waals surface area contributed by atoms with E-state index in [-0.39, 0.29) is 35.4 Å². The van der Waals surface area contributed by atoms with E-state index in [0.29, 0.717) is 43.6 Å². The Morgan fingerprint density at radius 1 is 0.913 bits per heavy atom. The summed E-state index contributed by atoms with van der Waals surface area (Å²) in [5.74, 6) is -2.58. The van der Waals surface area contributed by atoms with Gasteiger partial charge in [-0.25, -0.2) is 4.39 Å². The quantitative estimate of drug-likeness (QED) is 0.355. The van der Waals surface area contributed by atoms with E-state index in [4.69, 9.17) is 4.74 Å². The Morgan fingerprint density at radius 3 is 2.26 bits per heavy atom. The molecule has 2 saturated carbocycles. The molecule has 1 amide bonds. The second-order valence-electron chi connectivity index (χ2n) is 14.5. The number of carbonyl (C=O) groups is 4. The number of benzene rings is 1. The van der Waals surface area contributed by atoms with E-state index < -0.39 is 54.1 Å². The molecule has 0 spiro atoms. The fraction of sp³-hybridized carbons (Fsp3) is 0.657. The molecule has 1 aromatic carbocycles. The number of hydrogen-bond donors (Lipinski definition) is 1. The first-order chi connectivity index (χ1) is 22.1. The summed E-state index contributed by atoms with van der Waals surface area (Å²) in [6.07, 6.45) is 1.79. The average Bonchev–Trinajstić information content (AvgIpc) is 3.04. The summed E-state index contributed by atoms with van der Waals surface area (Å²) in [5.41, 5.74) is 0.981. The SMILES string of the molecule is CN(C)CCCCNC(=O)C1=CN2C3CC4C(=O)c5ccccc5C(=O)C4CC3OC3C(N4CCN(C)CC4)C(F)CC(C1=O)C32. The Bertz CT molecular complexity index is 1430. The second-order valence-corrected chi connectivity index (χ2v) is 14.5. The van der Waals surface area contributed by atoms with Gasteiger partial charge in [0, 0.05) is 67.8 Å². The number of morpholine rings is 1. The van der Waals surface area contributed by atoms with E-state index in [9.17, 15) is 19.2 Å². The molecular formula is C35H46FN5O5. The molecule has 10 nitrogen and oxygen atoms in total. The Labute approximate surface area is 270 Å². The van der Waals surface area contributed by atoms with Gasteiger partial charge in [-0.15, -0.1) is 0 Å². The largest absolute Gasteiger partial charge is 0.369 e. The van der Waals surface area contributed by atoms with Crippen molar-refractivity contribution in [3.8, 4) is 0 Å². The maximum Gasteiger partial charge on any atom is 0.256 e. The summed E-state index contributed by atoms with van der Waals surface area (Å²) in [6, 6.07) is 5.73. The number of carbonyl (C=O) groups excluding carboxylic acids is 4. The first-order valence-electron chi connectivity index (χ1n) is 17.0. The summed E-state index contributed by atoms with van der Waals surface area (Å²) in [7, 11) is 6.06. The highest BCUT2D eigenvalue weighted by Gasteiger charge is 2.62. The van der Waals surface area contributed by atoms with E-state index in [2.05, 4.69) is 32.0 Å². The van der Waals surface area contributed by atoms with Crippen molar-refractivity contribution in [1.82, 2.24) is 24.9 Å². The molecule has 2 saturated heterocycles. The number of nitrogens with zero attached hydrogens (tertiary/aromatic N) is 4. The Kier molecular flexibility index (Phi) is 8.63. The van der Waals surface area contributed by atoms with Crippen LogP contribution in [0.5, 0.6) is 0 Å². The molecule has 9 atom stereocenters. The Balaban J connectivity index is 1.22. The highest BCUT2D eigenvalue weighted by Crippen LogP contribution is 2.50. The molecule has 1 aromatic rings. The first kappa shape index (κ1) is 31.6. The molecule has 6 aliphatic rings. The Hall–Kier alpha value is -2.99. The van der Waals surface area contributed by atoms with Crippen molar-refractivity contribution in [1.29, 1.82) is 0 Å². The van der Waals surface area contributed by atoms with Crippen molar-refractivity contribution < 1.29 is 28.3 Å². The van der Waals surface area contributed by atoms with Gasteiger partial charge in [-0.05, 0) is 59.8 Å². The molecule has 1 N–H and O–H groups in total. The van der Waals surface area contributed by atoms with Crippen molar-refractivity contribution in [2.75, 3.05) is 60.4 Å². The van der Waals surface area contributed by atoms with Gasteiger partial charge in [-0.3, -0.25) is 24.1 Å². The highest BCUT2D eigenvalue weighted by atomic mass is 19.1. The number of Topliss-reactive ketones (excluding diaryl/α,β-unsaturated/α-hetero) is 3. The van der Waals surface area contributed by atoms with Crippen LogP contribution in [0.3, 0.4) is 0 Å². The molecule has 0 aromatic heterocycles. The normalized spacial score (nSPS) is 36.0. The number of likely N-dealkylation sites (N-methyl/N-ethyl adjacent to an activating group) is 1. The van der Waals surface area contributed by atoms with Crippen molar-refractivity contribution in [3.05, 3.63) is 47.2 Å². The molecule has 248 valence electrons. The number of rotatable bonds is 7. The summed E-state index contributed by atoms with van der Waals surface area (Å²) < 4.78 is 23.3. The molecular weight excluding hydrogens is 589 g/mol. The number of alkyl halides is 1. The minimum Gasteiger partial charge on any atom is -0.369 e. The van der Waals surface area contributed by atoms with E-state index in [1.807, 2.05) is 14.1 Å². The van der Waals surface area contributed by atoms with Crippen LogP contribution in [0.2, 0.25) is 0 Å². The Morgan fingerprint density at radius 2 is 1.59 bits per heavy atom. The molecule has 11 heteroatoms. The third-order valence-electron chi connectivity index (χ3n) is 11.4. The molecule has 7 rings (SSSR count). The zero-order valence-corrected chi connectivity index (χ0v) is 27.1. The minimum atomic E-state index is -1.30. The fourth-order valence-corrected chi connectivity index (χ4v) is 9.05. The number of halogens is 1. The van der Waals surface area contributed by atoms with Gasteiger partial charge in [0.25, 0.3) is 5.91 Å². The standard InChI is InChI=1S/C35H46FN5O5/c1-38(2)11-7-6-10-37-35(45)25-19-41-27-17-22-23(32(43)21-9-5-4-8-20(21)31(22)42)18-28(27)46-34-29(41)24(33(25)44)16-26(36)30(34)40-14-12-39(3)13-15-40/h4-5,8-9,19,22-24,26-30,34H,6-7,10-18H2,1-3H3,(H,37,45). The lowest BCUT2D eigenvalue weighted by Gasteiger charge is -2.61. The van der Waals surface area contributed by atoms with Crippen molar-refractivity contribution in [2.45, 2.75) is 68.6 Å². The highest BCUT2D eigenvalue weighted by molar-refractivity contribution is 6.20. The molecule has 3 heterocycles. The summed E-state index contributed by atoms with van der Waals surface area (Å²) >= 11 is 0. The van der Waals surface area contributed by atoms with Gasteiger partial charge in [0.1, 0.15) is 6.17 Å². The second kappa shape index (κ2) is 12.6. The van der Waals surface area contributed by atoms with Crippen molar-refractivity contribution in [2.24, 2.45) is 17.8 Å². The number of piperazine rings is 1. The van der Waals surface area contributed by atoms with Crippen LogP contribution >= 0.6 is 0 Å². The van der Waals surface area contributed by atoms with Crippen molar-refractivity contribution in [3.63, 3.8) is 0 Å². The predicted octanol–water partition coefficient (Wildman–Crippen LogP) is 1.80. The summed E-state index contributed by atoms with van der Waals surface area (Å²) in [5, 5.41) is 2.93. The van der Waals surface area contributed by atoms with Gasteiger partial charge in [-0.1, -0.05) is 24.3 Å². The monoisotopic (exact) mass is 635 g/mol. The maximum atomic E-state index is 16.4. The molecule has 0 bridgehead atoms. The first-order valence-corrected chi connectivity index (χ1v) is 17.0. The number of hydrogen-bond acceptors (Lipinski definition) is 9. The van der Waals surface area contributed by atoms with Gasteiger partial charge in [0.2, 0.25) is 0 Å². The average molecular weight is 636 g/mol. The topological polar surface area (TPSA) is 102 Å². The van der Waals surface area contributed by atoms with Crippen LogP contribution in [0.4, 0.5) is 4.39 Å². The summed E-state index contributed by atoms with van der Waals surface area (Å²) in [6.45, 7) is 4.38. The van der Waals surface area contributed by atoms with E-state index >= 15 is 4.39 Å². The van der Waals surface area contributed by atoms with Gasteiger partial charge in [-0.2, -0.15) is 0 Å². The zero-order chi connectivity index (χ0) is 32.3. The van der Waals surface area contributed by atoms with Gasteiger partial charge in [0.15, 0.2) is 17.3 Å². The fourth-order valence-electron chi connectivity index (χ4n) is 9.05. The molecule has 4 fully saturated rings. The lowest BCUT2D eigenvalue weighted by Crippen LogP contribution is -2.74. The van der Waals surface area contributed by atoms with E-state index in [1.165, 1.54) is 0 Å². The zero-order valence-electron chi connectivity index (χ0n) is 27.1. The number of unbranched alkanes of at least 4 members (excludes halogenated alkanes) is 1. The molecule has 9 unspecified atom stereocenters. The molecule has 0 radical (unpaired) electrons. The number of fused-ring (bicyclic) bond motifs is 4. The minimum absolute atomic E-state index is 0.0263. The lowest BCUT2D eigenvalue weighted by atomic mass is 9.63.